The monoisotopic (exact) mass is 114 g/mol. The molecule has 0 bridgehead atoms. The van der Waals surface area contributed by atoms with E-state index in [0.717, 1.165) is 5.92 Å². The fourth-order valence-electron chi connectivity index (χ4n) is 1.02. The van der Waals surface area contributed by atoms with Crippen LogP contribution in [0.25, 0.3) is 0 Å². The van der Waals surface area contributed by atoms with Crippen LogP contribution in [-0.2, 0) is 0 Å². The van der Waals surface area contributed by atoms with Gasteiger partial charge in [0.1, 0.15) is 0 Å². The van der Waals surface area contributed by atoms with Crippen LogP contribution in [0.15, 0.2) is 0 Å². The number of rotatable bonds is 2. The van der Waals surface area contributed by atoms with E-state index in [2.05, 4.69) is 13.8 Å². The summed E-state index contributed by atoms with van der Waals surface area (Å²) >= 11 is 0. The van der Waals surface area contributed by atoms with Gasteiger partial charge in [-0.05, 0) is 5.92 Å². The van der Waals surface area contributed by atoms with Crippen LogP contribution >= 0.6 is 0 Å². The van der Waals surface area contributed by atoms with E-state index >= 15 is 0 Å². The van der Waals surface area contributed by atoms with Crippen LogP contribution in [-0.4, -0.2) is 8.80 Å². The fraction of sp³-hybridized carbons (Fsp3) is 1.00. The quantitative estimate of drug-likeness (QED) is 0.481. The van der Waals surface area contributed by atoms with Crippen molar-refractivity contribution < 1.29 is 0 Å². The van der Waals surface area contributed by atoms with Crippen LogP contribution in [0.1, 0.15) is 13.8 Å². The van der Waals surface area contributed by atoms with Gasteiger partial charge in [-0.15, -0.1) is 0 Å². The molecule has 1 saturated heterocycles. The van der Waals surface area contributed by atoms with Gasteiger partial charge >= 0.3 is 0 Å². The van der Waals surface area contributed by atoms with Gasteiger partial charge in [-0.2, -0.15) is 0 Å². The lowest BCUT2D eigenvalue weighted by Crippen LogP contribution is -1.93. The van der Waals surface area contributed by atoms with Crippen molar-refractivity contribution in [1.82, 2.24) is 0 Å². The van der Waals surface area contributed by atoms with Gasteiger partial charge in [0.15, 0.2) is 0 Å². The van der Waals surface area contributed by atoms with Crippen molar-refractivity contribution in [2.75, 3.05) is 0 Å². The van der Waals surface area contributed by atoms with E-state index in [9.17, 15) is 0 Å². The Morgan fingerprint density at radius 3 is 2.14 bits per heavy atom. The molecule has 0 aromatic carbocycles. The molecule has 1 aliphatic rings. The molecule has 1 heterocycles. The minimum Gasteiger partial charge on any atom is -0.0631 e. The number of hydrogen-bond acceptors (Lipinski definition) is 0. The molecule has 0 unspecified atom stereocenters. The Labute approximate surface area is 47.5 Å². The van der Waals surface area contributed by atoms with Crippen molar-refractivity contribution >= 4 is 8.80 Å². The van der Waals surface area contributed by atoms with Crippen molar-refractivity contribution in [3.05, 3.63) is 0 Å². The zero-order chi connectivity index (χ0) is 5.28. The summed E-state index contributed by atoms with van der Waals surface area (Å²) in [7, 11) is 0.0216. The smallest absolute Gasteiger partial charge is 0.0364 e. The summed E-state index contributed by atoms with van der Waals surface area (Å²) in [5.41, 5.74) is 0. The first-order valence-corrected chi connectivity index (χ1v) is 5.74. The molecule has 1 heteroatoms. The summed E-state index contributed by atoms with van der Waals surface area (Å²) in [5, 5.41) is 0. The standard InChI is InChI=1S/C6H14Si/c1-6(2)5-7-3-4-7/h6-7H,3-5H2,1-2H3. The van der Waals surface area contributed by atoms with Crippen LogP contribution in [0, 0.1) is 5.92 Å². The van der Waals surface area contributed by atoms with Crippen LogP contribution in [0.2, 0.25) is 18.1 Å². The molecule has 0 aliphatic carbocycles. The van der Waals surface area contributed by atoms with Crippen LogP contribution < -0.4 is 0 Å². The van der Waals surface area contributed by atoms with E-state index in [4.69, 9.17) is 0 Å². The highest BCUT2D eigenvalue weighted by Crippen LogP contribution is 2.28. The highest BCUT2D eigenvalue weighted by Gasteiger charge is 2.23. The highest BCUT2D eigenvalue weighted by atomic mass is 28.3. The van der Waals surface area contributed by atoms with E-state index in [-0.39, 0.29) is 8.80 Å². The minimum absolute atomic E-state index is 0.0216. The third-order valence-corrected chi connectivity index (χ3v) is 4.50. The second-order valence-corrected chi connectivity index (χ2v) is 6.43. The Morgan fingerprint density at radius 1 is 1.43 bits per heavy atom. The minimum atomic E-state index is 0.0216. The predicted molar refractivity (Wildman–Crippen MR) is 36.4 cm³/mol. The molecule has 0 N–H and O–H groups in total. The first-order chi connectivity index (χ1) is 3.29. The lowest BCUT2D eigenvalue weighted by molar-refractivity contribution is 0.730. The summed E-state index contributed by atoms with van der Waals surface area (Å²) in [6.07, 6.45) is 0. The lowest BCUT2D eigenvalue weighted by Gasteiger charge is -1.97. The predicted octanol–water partition coefficient (Wildman–Crippen LogP) is 1.88. The van der Waals surface area contributed by atoms with Gasteiger partial charge in [0.05, 0.1) is 0 Å². The molecular weight excluding hydrogens is 100 g/mol. The summed E-state index contributed by atoms with van der Waals surface area (Å²) < 4.78 is 0. The van der Waals surface area contributed by atoms with Crippen LogP contribution in [0.5, 0.6) is 0 Å². The molecule has 1 aliphatic heterocycles. The second kappa shape index (κ2) is 1.99. The normalized spacial score (nSPS) is 21.0. The Bertz CT molecular complexity index is 55.2. The summed E-state index contributed by atoms with van der Waals surface area (Å²) in [5.74, 6) is 0.999. The molecule has 1 rings (SSSR count). The van der Waals surface area contributed by atoms with Crippen molar-refractivity contribution in [2.24, 2.45) is 5.92 Å². The third kappa shape index (κ3) is 2.12. The van der Waals surface area contributed by atoms with E-state index < -0.39 is 0 Å². The molecule has 0 amide bonds. The average Bonchev–Trinajstić information content (AvgIpc) is 2.17. The first-order valence-electron chi connectivity index (χ1n) is 3.29. The Kier molecular flexibility index (Phi) is 1.52. The zero-order valence-corrected chi connectivity index (χ0v) is 6.43. The SMILES string of the molecule is CC(C)C[SiH]1CC1. The topological polar surface area (TPSA) is 0 Å². The Morgan fingerprint density at radius 2 is 2.00 bits per heavy atom. The van der Waals surface area contributed by atoms with Gasteiger partial charge in [0.2, 0.25) is 0 Å². The highest BCUT2D eigenvalue weighted by molar-refractivity contribution is 6.69. The molecule has 0 radical (unpaired) electrons. The van der Waals surface area contributed by atoms with Gasteiger partial charge in [-0.3, -0.25) is 0 Å². The Hall–Kier alpha value is 0.217. The van der Waals surface area contributed by atoms with E-state index in [1.807, 2.05) is 0 Å². The van der Waals surface area contributed by atoms with Crippen LogP contribution in [0.3, 0.4) is 0 Å². The van der Waals surface area contributed by atoms with Gasteiger partial charge in [0.25, 0.3) is 0 Å². The van der Waals surface area contributed by atoms with E-state index in [1.165, 1.54) is 0 Å². The summed E-state index contributed by atoms with van der Waals surface area (Å²) in [6, 6.07) is 4.91. The van der Waals surface area contributed by atoms with Crippen LogP contribution in [0.4, 0.5) is 0 Å². The molecule has 0 aromatic heterocycles. The molecule has 0 nitrogen and oxygen atoms in total. The van der Waals surface area contributed by atoms with Gasteiger partial charge in [-0.1, -0.05) is 32.0 Å². The van der Waals surface area contributed by atoms with Crippen molar-refractivity contribution in [3.63, 3.8) is 0 Å². The molecule has 0 spiro atoms. The molecule has 1 fully saturated rings. The van der Waals surface area contributed by atoms with Gasteiger partial charge in [-0.25, -0.2) is 0 Å². The first kappa shape index (κ1) is 5.36. The van der Waals surface area contributed by atoms with Crippen molar-refractivity contribution in [3.8, 4) is 0 Å². The van der Waals surface area contributed by atoms with Crippen molar-refractivity contribution in [2.45, 2.75) is 32.0 Å². The zero-order valence-electron chi connectivity index (χ0n) is 5.28. The molecule has 0 aromatic rings. The molecule has 0 atom stereocenters. The molecule has 0 saturated carbocycles. The molecule has 7 heavy (non-hydrogen) atoms. The van der Waals surface area contributed by atoms with Gasteiger partial charge < -0.3 is 0 Å². The summed E-state index contributed by atoms with van der Waals surface area (Å²) in [4.78, 5) is 0. The number of hydrogen-bond donors (Lipinski definition) is 0. The second-order valence-electron chi connectivity index (χ2n) is 3.07. The molecule has 42 valence electrons. The maximum Gasteiger partial charge on any atom is 0.0364 e. The maximum absolute atomic E-state index is 2.34. The third-order valence-electron chi connectivity index (χ3n) is 1.50. The maximum atomic E-state index is 2.34. The largest absolute Gasteiger partial charge is 0.0631 e. The Balaban J connectivity index is 1.97. The van der Waals surface area contributed by atoms with Gasteiger partial charge in [0, 0.05) is 8.80 Å². The fourth-order valence-corrected chi connectivity index (χ4v) is 3.77. The van der Waals surface area contributed by atoms with Crippen molar-refractivity contribution in [1.29, 1.82) is 0 Å². The average molecular weight is 114 g/mol. The molecular formula is C6H14Si. The lowest BCUT2D eigenvalue weighted by atomic mass is 10.3. The van der Waals surface area contributed by atoms with E-state index in [1.54, 1.807) is 18.1 Å². The van der Waals surface area contributed by atoms with E-state index in [0.29, 0.717) is 0 Å². The summed E-state index contributed by atoms with van der Waals surface area (Å²) in [6.45, 7) is 4.68.